The zero-order valence-corrected chi connectivity index (χ0v) is 21.1. The van der Waals surface area contributed by atoms with E-state index in [-0.39, 0.29) is 35.8 Å². The quantitative estimate of drug-likeness (QED) is 0.521. The summed E-state index contributed by atoms with van der Waals surface area (Å²) in [5.41, 5.74) is 2.09. The van der Waals surface area contributed by atoms with Crippen LogP contribution in [0.5, 0.6) is 0 Å². The topological polar surface area (TPSA) is 93.0 Å². The molecular weight excluding hydrogens is 471 g/mol. The Morgan fingerprint density at radius 1 is 0.946 bits per heavy atom. The van der Waals surface area contributed by atoms with Crippen molar-refractivity contribution in [2.45, 2.75) is 75.9 Å². The standard InChI is InChI=1S/C28H33FN6O2/c1-34(21-7-3-2-4-8-21)28(37)24-10-6-5-9-23(24)27(36)31-20-12-14-22(15-13-20)35-18-26(32-33-35)25-16-11-19(29)17-30-25/h5-6,9-11,16-18,20-22H,2-4,7-8,12-15H2,1H3,(H,31,36). The van der Waals surface area contributed by atoms with E-state index in [9.17, 15) is 14.0 Å². The van der Waals surface area contributed by atoms with Gasteiger partial charge in [-0.1, -0.05) is 36.6 Å². The highest BCUT2D eigenvalue weighted by molar-refractivity contribution is 6.07. The van der Waals surface area contributed by atoms with Gasteiger partial charge < -0.3 is 10.2 Å². The molecule has 37 heavy (non-hydrogen) atoms. The Morgan fingerprint density at radius 2 is 1.68 bits per heavy atom. The first-order valence-electron chi connectivity index (χ1n) is 13.2. The van der Waals surface area contributed by atoms with Crippen molar-refractivity contribution < 1.29 is 14.0 Å². The van der Waals surface area contributed by atoms with Gasteiger partial charge in [-0.25, -0.2) is 9.07 Å². The van der Waals surface area contributed by atoms with E-state index in [1.165, 1.54) is 18.7 Å². The van der Waals surface area contributed by atoms with Crippen LogP contribution >= 0.6 is 0 Å². The fourth-order valence-electron chi connectivity index (χ4n) is 5.54. The summed E-state index contributed by atoms with van der Waals surface area (Å²) >= 11 is 0. The van der Waals surface area contributed by atoms with Crippen LogP contribution in [0, 0.1) is 5.82 Å². The van der Waals surface area contributed by atoms with Crippen molar-refractivity contribution in [2.24, 2.45) is 0 Å². The van der Waals surface area contributed by atoms with Gasteiger partial charge in [0.25, 0.3) is 11.8 Å². The molecule has 8 nitrogen and oxygen atoms in total. The summed E-state index contributed by atoms with van der Waals surface area (Å²) in [7, 11) is 1.86. The molecule has 2 aromatic heterocycles. The molecule has 3 aromatic rings. The predicted octanol–water partition coefficient (Wildman–Crippen LogP) is 4.80. The third-order valence-electron chi connectivity index (χ3n) is 7.75. The molecule has 2 heterocycles. The summed E-state index contributed by atoms with van der Waals surface area (Å²) in [5.74, 6) is -0.673. The van der Waals surface area contributed by atoms with Crippen molar-refractivity contribution in [1.82, 2.24) is 30.2 Å². The van der Waals surface area contributed by atoms with E-state index in [0.29, 0.717) is 22.5 Å². The van der Waals surface area contributed by atoms with Crippen LogP contribution in [0.2, 0.25) is 0 Å². The second-order valence-corrected chi connectivity index (χ2v) is 10.2. The smallest absolute Gasteiger partial charge is 0.254 e. The third kappa shape index (κ3) is 5.70. The molecule has 5 rings (SSSR count). The zero-order chi connectivity index (χ0) is 25.8. The van der Waals surface area contributed by atoms with Gasteiger partial charge in [-0.3, -0.25) is 14.6 Å². The Labute approximate surface area is 216 Å². The van der Waals surface area contributed by atoms with Crippen LogP contribution in [0.1, 0.15) is 84.5 Å². The average molecular weight is 505 g/mol. The lowest BCUT2D eigenvalue weighted by Crippen LogP contribution is -2.41. The van der Waals surface area contributed by atoms with E-state index in [1.807, 2.05) is 35.0 Å². The molecule has 1 aromatic carbocycles. The predicted molar refractivity (Wildman–Crippen MR) is 137 cm³/mol. The van der Waals surface area contributed by atoms with E-state index in [0.717, 1.165) is 51.4 Å². The van der Waals surface area contributed by atoms with Crippen LogP contribution in [-0.2, 0) is 0 Å². The van der Waals surface area contributed by atoms with Gasteiger partial charge in [0.15, 0.2) is 0 Å². The largest absolute Gasteiger partial charge is 0.349 e. The van der Waals surface area contributed by atoms with Gasteiger partial charge in [0.05, 0.1) is 35.3 Å². The molecular formula is C28H33FN6O2. The first kappa shape index (κ1) is 25.0. The number of hydrogen-bond acceptors (Lipinski definition) is 5. The maximum Gasteiger partial charge on any atom is 0.254 e. The molecule has 9 heteroatoms. The molecule has 0 bridgehead atoms. The van der Waals surface area contributed by atoms with Gasteiger partial charge in [-0.2, -0.15) is 0 Å². The van der Waals surface area contributed by atoms with Crippen LogP contribution in [0.15, 0.2) is 48.8 Å². The van der Waals surface area contributed by atoms with Crippen LogP contribution in [0.25, 0.3) is 11.4 Å². The maximum absolute atomic E-state index is 13.3. The van der Waals surface area contributed by atoms with Gasteiger partial charge in [-0.05, 0) is 62.8 Å². The molecule has 194 valence electrons. The molecule has 0 unspecified atom stereocenters. The second-order valence-electron chi connectivity index (χ2n) is 10.2. The van der Waals surface area contributed by atoms with E-state index in [2.05, 4.69) is 20.6 Å². The van der Waals surface area contributed by atoms with Gasteiger partial charge in [-0.15, -0.1) is 5.10 Å². The van der Waals surface area contributed by atoms with Crippen LogP contribution < -0.4 is 5.32 Å². The molecule has 2 amide bonds. The van der Waals surface area contributed by atoms with Crippen molar-refractivity contribution >= 4 is 11.8 Å². The summed E-state index contributed by atoms with van der Waals surface area (Å²) in [5, 5.41) is 11.6. The molecule has 1 N–H and O–H groups in total. The Bertz CT molecular complexity index is 1230. The van der Waals surface area contributed by atoms with Gasteiger partial charge in [0.2, 0.25) is 0 Å². The number of hydrogen-bond donors (Lipinski definition) is 1. The number of halogens is 1. The molecule has 0 spiro atoms. The molecule has 0 saturated heterocycles. The lowest BCUT2D eigenvalue weighted by atomic mass is 9.90. The number of nitrogens with zero attached hydrogens (tertiary/aromatic N) is 5. The minimum atomic E-state index is -0.389. The number of amides is 2. The maximum atomic E-state index is 13.3. The fraction of sp³-hybridized carbons (Fsp3) is 0.464. The summed E-state index contributed by atoms with van der Waals surface area (Å²) in [6, 6.07) is 10.5. The Hall–Kier alpha value is -3.62. The third-order valence-corrected chi connectivity index (χ3v) is 7.75. The molecule has 0 radical (unpaired) electrons. The van der Waals surface area contributed by atoms with E-state index >= 15 is 0 Å². The summed E-state index contributed by atoms with van der Waals surface area (Å²) in [4.78, 5) is 32.4. The van der Waals surface area contributed by atoms with Crippen LogP contribution in [-0.4, -0.2) is 55.8 Å². The molecule has 0 aliphatic heterocycles. The Kier molecular flexibility index (Phi) is 7.58. The fourth-order valence-corrected chi connectivity index (χ4v) is 5.54. The number of rotatable bonds is 6. The number of benzene rings is 1. The monoisotopic (exact) mass is 504 g/mol. The summed E-state index contributed by atoms with van der Waals surface area (Å²) in [6.07, 6.45) is 11.9. The lowest BCUT2D eigenvalue weighted by molar-refractivity contribution is 0.0690. The van der Waals surface area contributed by atoms with E-state index in [1.54, 1.807) is 18.2 Å². The highest BCUT2D eigenvalue weighted by Crippen LogP contribution is 2.29. The second kappa shape index (κ2) is 11.2. The number of carbonyl (C=O) groups is 2. The van der Waals surface area contributed by atoms with Crippen molar-refractivity contribution in [1.29, 1.82) is 0 Å². The first-order valence-corrected chi connectivity index (χ1v) is 13.2. The van der Waals surface area contributed by atoms with E-state index < -0.39 is 0 Å². The van der Waals surface area contributed by atoms with Crippen LogP contribution in [0.4, 0.5) is 4.39 Å². The first-order chi connectivity index (χ1) is 18.0. The van der Waals surface area contributed by atoms with Crippen LogP contribution in [0.3, 0.4) is 0 Å². The number of carbonyl (C=O) groups excluding carboxylic acids is 2. The number of pyridine rings is 1. The number of nitrogens with one attached hydrogen (secondary N) is 1. The van der Waals surface area contributed by atoms with Crippen molar-refractivity contribution in [2.75, 3.05) is 7.05 Å². The summed E-state index contributed by atoms with van der Waals surface area (Å²) < 4.78 is 15.0. The minimum absolute atomic E-state index is 0.0322. The molecule has 0 atom stereocenters. The normalized spacial score (nSPS) is 20.4. The highest BCUT2D eigenvalue weighted by Gasteiger charge is 2.28. The minimum Gasteiger partial charge on any atom is -0.349 e. The SMILES string of the molecule is CN(C(=O)c1ccccc1C(=O)NC1CCC(n2cc(-c3ccc(F)cn3)nn2)CC1)C1CCCCC1. The average Bonchev–Trinajstić information content (AvgIpc) is 3.44. The van der Waals surface area contributed by atoms with Crippen molar-refractivity contribution in [3.8, 4) is 11.4 Å². The molecule has 2 fully saturated rings. The number of aromatic nitrogens is 4. The van der Waals surface area contributed by atoms with Gasteiger partial charge >= 0.3 is 0 Å². The van der Waals surface area contributed by atoms with Gasteiger partial charge in [0.1, 0.15) is 11.5 Å². The Balaban J connectivity index is 1.19. The van der Waals surface area contributed by atoms with Crippen molar-refractivity contribution in [3.05, 3.63) is 65.7 Å². The molecule has 2 aliphatic rings. The highest BCUT2D eigenvalue weighted by atomic mass is 19.1. The molecule has 2 aliphatic carbocycles. The van der Waals surface area contributed by atoms with E-state index in [4.69, 9.17) is 0 Å². The Morgan fingerprint density at radius 3 is 2.38 bits per heavy atom. The zero-order valence-electron chi connectivity index (χ0n) is 21.1. The van der Waals surface area contributed by atoms with Crippen molar-refractivity contribution in [3.63, 3.8) is 0 Å². The lowest BCUT2D eigenvalue weighted by Gasteiger charge is -2.32. The summed E-state index contributed by atoms with van der Waals surface area (Å²) in [6.45, 7) is 0. The van der Waals surface area contributed by atoms with Gasteiger partial charge in [0, 0.05) is 19.1 Å². The molecule has 2 saturated carbocycles.